The minimum Gasteiger partial charge on any atom is -0.508 e. The van der Waals surface area contributed by atoms with Gasteiger partial charge in [-0.15, -0.1) is 0 Å². The third-order valence-electron chi connectivity index (χ3n) is 2.95. The van der Waals surface area contributed by atoms with Crippen molar-refractivity contribution in [2.45, 2.75) is 13.0 Å². The van der Waals surface area contributed by atoms with Gasteiger partial charge in [-0.1, -0.05) is 0 Å². The zero-order valence-electron chi connectivity index (χ0n) is 10.8. The van der Waals surface area contributed by atoms with Crippen LogP contribution in [-0.4, -0.2) is 10.2 Å². The topological polar surface area (TPSA) is 76.3 Å². The van der Waals surface area contributed by atoms with Gasteiger partial charge in [0.25, 0.3) is 0 Å². The Morgan fingerprint density at radius 1 is 1.20 bits per heavy atom. The average molecular weight is 272 g/mol. The quantitative estimate of drug-likeness (QED) is 0.749. The summed E-state index contributed by atoms with van der Waals surface area (Å²) in [5, 5.41) is 31.2. The molecule has 0 aliphatic heterocycles. The van der Waals surface area contributed by atoms with Crippen molar-refractivity contribution in [1.29, 1.82) is 5.26 Å². The third kappa shape index (κ3) is 2.81. The van der Waals surface area contributed by atoms with Gasteiger partial charge in [0, 0.05) is 5.56 Å². The fraction of sp³-hybridized carbons (Fsp3) is 0.133. The van der Waals surface area contributed by atoms with Gasteiger partial charge in [-0.25, -0.2) is 4.39 Å². The molecule has 0 heterocycles. The lowest BCUT2D eigenvalue weighted by atomic mass is 10.1. The molecule has 3 N–H and O–H groups in total. The molecular formula is C15H13FN2O2. The molecule has 0 aliphatic carbocycles. The SMILES string of the molecule is CC(Nc1ccc(F)cc1C#N)c1cc(O)ccc1O. The van der Waals surface area contributed by atoms with E-state index in [9.17, 15) is 14.6 Å². The minimum absolute atomic E-state index is 0.0309. The molecule has 0 amide bonds. The number of nitrogens with one attached hydrogen (secondary N) is 1. The van der Waals surface area contributed by atoms with E-state index in [1.807, 2.05) is 6.07 Å². The van der Waals surface area contributed by atoms with E-state index in [2.05, 4.69) is 5.32 Å². The highest BCUT2D eigenvalue weighted by molar-refractivity contribution is 5.59. The van der Waals surface area contributed by atoms with Gasteiger partial charge in [0.15, 0.2) is 0 Å². The summed E-state index contributed by atoms with van der Waals surface area (Å²) in [6, 6.07) is 9.59. The highest BCUT2D eigenvalue weighted by atomic mass is 19.1. The van der Waals surface area contributed by atoms with Gasteiger partial charge in [0.1, 0.15) is 23.4 Å². The second kappa shape index (κ2) is 5.49. The van der Waals surface area contributed by atoms with Crippen molar-refractivity contribution < 1.29 is 14.6 Å². The fourth-order valence-electron chi connectivity index (χ4n) is 1.93. The van der Waals surface area contributed by atoms with E-state index in [4.69, 9.17) is 5.26 Å². The molecular weight excluding hydrogens is 259 g/mol. The average Bonchev–Trinajstić information content (AvgIpc) is 2.43. The maximum atomic E-state index is 13.1. The van der Waals surface area contributed by atoms with Gasteiger partial charge in [-0.3, -0.25) is 0 Å². The van der Waals surface area contributed by atoms with Gasteiger partial charge in [-0.2, -0.15) is 5.26 Å². The van der Waals surface area contributed by atoms with Crippen LogP contribution >= 0.6 is 0 Å². The van der Waals surface area contributed by atoms with Crippen molar-refractivity contribution in [3.05, 3.63) is 53.3 Å². The van der Waals surface area contributed by atoms with E-state index in [0.717, 1.165) is 6.07 Å². The molecule has 1 unspecified atom stereocenters. The largest absolute Gasteiger partial charge is 0.508 e. The number of halogens is 1. The highest BCUT2D eigenvalue weighted by Gasteiger charge is 2.13. The number of rotatable bonds is 3. The summed E-state index contributed by atoms with van der Waals surface area (Å²) in [6.45, 7) is 1.76. The normalized spacial score (nSPS) is 11.7. The molecule has 1 atom stereocenters. The molecule has 0 spiro atoms. The molecule has 2 aromatic rings. The number of aromatic hydroxyl groups is 2. The van der Waals surface area contributed by atoms with Crippen LogP contribution in [0.1, 0.15) is 24.1 Å². The first kappa shape index (κ1) is 13.7. The zero-order chi connectivity index (χ0) is 14.7. The number of hydrogen-bond donors (Lipinski definition) is 3. The number of phenolic OH excluding ortho intramolecular Hbond substituents is 2. The van der Waals surface area contributed by atoms with Crippen LogP contribution in [0.2, 0.25) is 0 Å². The first-order valence-electron chi connectivity index (χ1n) is 5.99. The molecule has 0 bridgehead atoms. The molecule has 0 fully saturated rings. The van der Waals surface area contributed by atoms with Crippen LogP contribution in [0.4, 0.5) is 10.1 Å². The summed E-state index contributed by atoms with van der Waals surface area (Å²) in [7, 11) is 0. The zero-order valence-corrected chi connectivity index (χ0v) is 10.8. The maximum Gasteiger partial charge on any atom is 0.124 e. The Labute approximate surface area is 115 Å². The molecule has 20 heavy (non-hydrogen) atoms. The Hall–Kier alpha value is -2.74. The summed E-state index contributed by atoms with van der Waals surface area (Å²) in [4.78, 5) is 0. The third-order valence-corrected chi connectivity index (χ3v) is 2.95. The molecule has 4 nitrogen and oxygen atoms in total. The summed E-state index contributed by atoms with van der Waals surface area (Å²) < 4.78 is 13.1. The van der Waals surface area contributed by atoms with Crippen LogP contribution in [0.15, 0.2) is 36.4 Å². The van der Waals surface area contributed by atoms with Crippen LogP contribution in [0.5, 0.6) is 11.5 Å². The summed E-state index contributed by atoms with van der Waals surface area (Å²) >= 11 is 0. The molecule has 0 aromatic heterocycles. The first-order valence-corrected chi connectivity index (χ1v) is 5.99. The van der Waals surface area contributed by atoms with E-state index in [-0.39, 0.29) is 23.1 Å². The lowest BCUT2D eigenvalue weighted by Gasteiger charge is -2.18. The monoisotopic (exact) mass is 272 g/mol. The number of anilines is 1. The smallest absolute Gasteiger partial charge is 0.124 e. The van der Waals surface area contributed by atoms with E-state index in [1.165, 1.54) is 30.3 Å². The summed E-state index contributed by atoms with van der Waals surface area (Å²) in [6.07, 6.45) is 0. The van der Waals surface area contributed by atoms with Gasteiger partial charge in [0.05, 0.1) is 17.3 Å². The number of phenols is 2. The molecule has 2 aromatic carbocycles. The molecule has 0 radical (unpaired) electrons. The van der Waals surface area contributed by atoms with Gasteiger partial charge in [0.2, 0.25) is 0 Å². The Morgan fingerprint density at radius 2 is 1.95 bits per heavy atom. The van der Waals surface area contributed by atoms with Gasteiger partial charge in [-0.05, 0) is 43.3 Å². The second-order valence-electron chi connectivity index (χ2n) is 4.41. The van der Waals surface area contributed by atoms with Crippen LogP contribution < -0.4 is 5.32 Å². The van der Waals surface area contributed by atoms with Gasteiger partial charge < -0.3 is 15.5 Å². The van der Waals surface area contributed by atoms with Crippen LogP contribution in [0.25, 0.3) is 0 Å². The van der Waals surface area contributed by atoms with Crippen molar-refractivity contribution in [3.63, 3.8) is 0 Å². The van der Waals surface area contributed by atoms with Crippen molar-refractivity contribution in [3.8, 4) is 17.6 Å². The second-order valence-corrected chi connectivity index (χ2v) is 4.41. The molecule has 0 aliphatic rings. The number of nitriles is 1. The Bertz CT molecular complexity index is 680. The lowest BCUT2D eigenvalue weighted by molar-refractivity contribution is 0.451. The van der Waals surface area contributed by atoms with Crippen molar-refractivity contribution in [2.75, 3.05) is 5.32 Å². The maximum absolute atomic E-state index is 13.1. The number of benzene rings is 2. The standard InChI is InChI=1S/C15H13FN2O2/c1-9(13-7-12(19)3-5-15(13)20)18-14-4-2-11(16)6-10(14)8-17/h2-7,9,18-20H,1H3. The Kier molecular flexibility index (Phi) is 3.76. The molecule has 0 saturated heterocycles. The minimum atomic E-state index is -0.486. The number of nitrogens with zero attached hydrogens (tertiary/aromatic N) is 1. The van der Waals surface area contributed by atoms with Crippen molar-refractivity contribution in [2.24, 2.45) is 0 Å². The van der Waals surface area contributed by atoms with Crippen molar-refractivity contribution >= 4 is 5.69 Å². The van der Waals surface area contributed by atoms with Crippen molar-refractivity contribution in [1.82, 2.24) is 0 Å². The lowest BCUT2D eigenvalue weighted by Crippen LogP contribution is -2.08. The first-order chi connectivity index (χ1) is 9.51. The van der Waals surface area contributed by atoms with Gasteiger partial charge >= 0.3 is 0 Å². The van der Waals surface area contributed by atoms with E-state index in [0.29, 0.717) is 11.3 Å². The predicted molar refractivity (Wildman–Crippen MR) is 72.9 cm³/mol. The van der Waals surface area contributed by atoms with Crippen LogP contribution in [-0.2, 0) is 0 Å². The summed E-state index contributed by atoms with van der Waals surface area (Å²) in [5.41, 5.74) is 1.12. The number of hydrogen-bond acceptors (Lipinski definition) is 4. The predicted octanol–water partition coefficient (Wildman–Crippen LogP) is 3.28. The van der Waals surface area contributed by atoms with E-state index >= 15 is 0 Å². The molecule has 102 valence electrons. The molecule has 2 rings (SSSR count). The van der Waals surface area contributed by atoms with E-state index < -0.39 is 5.82 Å². The van der Waals surface area contributed by atoms with Crippen LogP contribution in [0.3, 0.4) is 0 Å². The van der Waals surface area contributed by atoms with Crippen LogP contribution in [0, 0.1) is 17.1 Å². The molecule has 0 saturated carbocycles. The summed E-state index contributed by atoms with van der Waals surface area (Å²) in [5.74, 6) is -0.422. The van der Waals surface area contributed by atoms with E-state index in [1.54, 1.807) is 6.92 Å². The molecule has 5 heteroatoms. The Morgan fingerprint density at radius 3 is 2.65 bits per heavy atom. The highest BCUT2D eigenvalue weighted by Crippen LogP contribution is 2.30. The fourth-order valence-corrected chi connectivity index (χ4v) is 1.93. The Balaban J connectivity index is 2.30.